The van der Waals surface area contributed by atoms with E-state index in [4.69, 9.17) is 4.42 Å². The van der Waals surface area contributed by atoms with Crippen molar-refractivity contribution in [2.75, 3.05) is 19.6 Å². The van der Waals surface area contributed by atoms with Crippen molar-refractivity contribution in [3.05, 3.63) is 36.1 Å². The Bertz CT molecular complexity index is 504. The van der Waals surface area contributed by atoms with Crippen LogP contribution in [0.25, 0.3) is 11.0 Å². The molecule has 2 heteroatoms. The molecule has 88 valence electrons. The van der Waals surface area contributed by atoms with Crippen molar-refractivity contribution in [1.82, 2.24) is 4.90 Å². The van der Waals surface area contributed by atoms with Gasteiger partial charge in [-0.15, -0.1) is 0 Å². The SMILES string of the molecule is c1ccc2oc([C@H]3CN4CCC3CC4)cc2c1. The number of para-hydroxylation sites is 1. The summed E-state index contributed by atoms with van der Waals surface area (Å²) in [5.41, 5.74) is 1.04. The van der Waals surface area contributed by atoms with Crippen molar-refractivity contribution in [2.45, 2.75) is 18.8 Å². The summed E-state index contributed by atoms with van der Waals surface area (Å²) in [6.45, 7) is 3.78. The Balaban J connectivity index is 1.74. The maximum atomic E-state index is 6.03. The lowest BCUT2D eigenvalue weighted by atomic mass is 9.78. The maximum absolute atomic E-state index is 6.03. The molecule has 3 fully saturated rings. The van der Waals surface area contributed by atoms with Gasteiger partial charge in [0.15, 0.2) is 0 Å². The fourth-order valence-electron chi connectivity index (χ4n) is 3.47. The average molecular weight is 227 g/mol. The Kier molecular flexibility index (Phi) is 2.06. The largest absolute Gasteiger partial charge is 0.461 e. The first-order chi connectivity index (χ1) is 8.40. The monoisotopic (exact) mass is 227 g/mol. The van der Waals surface area contributed by atoms with E-state index in [-0.39, 0.29) is 0 Å². The first-order valence-electron chi connectivity index (χ1n) is 6.61. The van der Waals surface area contributed by atoms with Gasteiger partial charge in [-0.3, -0.25) is 0 Å². The topological polar surface area (TPSA) is 16.4 Å². The van der Waals surface area contributed by atoms with E-state index in [1.807, 2.05) is 6.07 Å². The Morgan fingerprint density at radius 2 is 1.94 bits per heavy atom. The van der Waals surface area contributed by atoms with Gasteiger partial charge in [-0.2, -0.15) is 0 Å². The van der Waals surface area contributed by atoms with Crippen LogP contribution in [0.1, 0.15) is 24.5 Å². The third kappa shape index (κ3) is 1.51. The molecule has 1 aromatic carbocycles. The van der Waals surface area contributed by atoms with E-state index in [2.05, 4.69) is 29.2 Å². The zero-order valence-electron chi connectivity index (χ0n) is 9.93. The van der Waals surface area contributed by atoms with Crippen molar-refractivity contribution in [2.24, 2.45) is 5.92 Å². The molecular formula is C15H17NO. The van der Waals surface area contributed by atoms with Gasteiger partial charge < -0.3 is 9.32 Å². The summed E-state index contributed by atoms with van der Waals surface area (Å²) in [4.78, 5) is 2.58. The summed E-state index contributed by atoms with van der Waals surface area (Å²) >= 11 is 0. The number of hydrogen-bond acceptors (Lipinski definition) is 2. The second kappa shape index (κ2) is 3.61. The first kappa shape index (κ1) is 9.72. The molecule has 3 saturated heterocycles. The highest BCUT2D eigenvalue weighted by atomic mass is 16.3. The van der Waals surface area contributed by atoms with Crippen LogP contribution in [-0.2, 0) is 0 Å². The van der Waals surface area contributed by atoms with E-state index in [0.717, 1.165) is 11.5 Å². The molecule has 2 bridgehead atoms. The van der Waals surface area contributed by atoms with Gasteiger partial charge in [0.25, 0.3) is 0 Å². The molecule has 4 heterocycles. The van der Waals surface area contributed by atoms with E-state index in [9.17, 15) is 0 Å². The number of hydrogen-bond donors (Lipinski definition) is 0. The highest BCUT2D eigenvalue weighted by Crippen LogP contribution is 2.40. The fourth-order valence-corrected chi connectivity index (χ4v) is 3.47. The Hall–Kier alpha value is -1.28. The molecule has 17 heavy (non-hydrogen) atoms. The number of benzene rings is 1. The van der Waals surface area contributed by atoms with Gasteiger partial charge in [-0.1, -0.05) is 18.2 Å². The standard InChI is InChI=1S/C15H17NO/c1-2-4-14-12(3-1)9-15(17-14)13-10-16-7-5-11(13)6-8-16/h1-4,9,11,13H,5-8,10H2/t13-/m0/s1. The number of rotatable bonds is 1. The van der Waals surface area contributed by atoms with Crippen LogP contribution in [-0.4, -0.2) is 24.5 Å². The van der Waals surface area contributed by atoms with E-state index in [0.29, 0.717) is 5.92 Å². The minimum Gasteiger partial charge on any atom is -0.461 e. The highest BCUT2D eigenvalue weighted by Gasteiger charge is 2.36. The molecule has 0 N–H and O–H groups in total. The number of nitrogens with zero attached hydrogens (tertiary/aromatic N) is 1. The molecule has 0 unspecified atom stereocenters. The smallest absolute Gasteiger partial charge is 0.134 e. The predicted octanol–water partition coefficient (Wildman–Crippen LogP) is 3.24. The molecule has 1 aromatic heterocycles. The molecule has 0 radical (unpaired) electrons. The van der Waals surface area contributed by atoms with E-state index in [1.54, 1.807) is 0 Å². The average Bonchev–Trinajstić information content (AvgIpc) is 2.83. The fraction of sp³-hybridized carbons (Fsp3) is 0.467. The highest BCUT2D eigenvalue weighted by molar-refractivity contribution is 5.77. The number of fused-ring (bicyclic) bond motifs is 4. The molecule has 0 saturated carbocycles. The number of piperidine rings is 3. The Morgan fingerprint density at radius 3 is 2.65 bits per heavy atom. The van der Waals surface area contributed by atoms with Gasteiger partial charge in [0.2, 0.25) is 0 Å². The molecule has 1 atom stereocenters. The van der Waals surface area contributed by atoms with Crippen LogP contribution in [0.3, 0.4) is 0 Å². The molecule has 3 aliphatic rings. The number of furan rings is 1. The molecule has 3 aliphatic heterocycles. The lowest BCUT2D eigenvalue weighted by Crippen LogP contribution is -2.46. The van der Waals surface area contributed by atoms with Crippen molar-refractivity contribution in [1.29, 1.82) is 0 Å². The zero-order valence-corrected chi connectivity index (χ0v) is 9.93. The Morgan fingerprint density at radius 1 is 1.12 bits per heavy atom. The minimum atomic E-state index is 0.630. The maximum Gasteiger partial charge on any atom is 0.134 e. The molecule has 0 spiro atoms. The van der Waals surface area contributed by atoms with E-state index >= 15 is 0 Å². The normalized spacial score (nSPS) is 32.1. The third-order valence-electron chi connectivity index (χ3n) is 4.47. The summed E-state index contributed by atoms with van der Waals surface area (Å²) in [6.07, 6.45) is 2.70. The van der Waals surface area contributed by atoms with Crippen molar-refractivity contribution in [3.8, 4) is 0 Å². The van der Waals surface area contributed by atoms with Crippen LogP contribution < -0.4 is 0 Å². The van der Waals surface area contributed by atoms with Gasteiger partial charge >= 0.3 is 0 Å². The van der Waals surface area contributed by atoms with E-state index < -0.39 is 0 Å². The quantitative estimate of drug-likeness (QED) is 0.743. The van der Waals surface area contributed by atoms with E-state index in [1.165, 1.54) is 43.6 Å². The van der Waals surface area contributed by atoms with Crippen LogP contribution in [0.2, 0.25) is 0 Å². The van der Waals surface area contributed by atoms with Gasteiger partial charge in [0, 0.05) is 17.8 Å². The summed E-state index contributed by atoms with van der Waals surface area (Å²) in [5, 5.41) is 1.25. The zero-order chi connectivity index (χ0) is 11.2. The summed E-state index contributed by atoms with van der Waals surface area (Å²) < 4.78 is 6.03. The summed E-state index contributed by atoms with van der Waals surface area (Å²) in [7, 11) is 0. The Labute approximate surface area is 101 Å². The van der Waals surface area contributed by atoms with Crippen molar-refractivity contribution >= 4 is 11.0 Å². The van der Waals surface area contributed by atoms with Gasteiger partial charge in [-0.05, 0) is 44.0 Å². The second-order valence-corrected chi connectivity index (χ2v) is 5.43. The predicted molar refractivity (Wildman–Crippen MR) is 68.1 cm³/mol. The molecule has 0 amide bonds. The van der Waals surface area contributed by atoms with Crippen LogP contribution in [0, 0.1) is 5.92 Å². The van der Waals surface area contributed by atoms with Crippen LogP contribution in [0.5, 0.6) is 0 Å². The minimum absolute atomic E-state index is 0.630. The van der Waals surface area contributed by atoms with Crippen molar-refractivity contribution < 1.29 is 4.42 Å². The summed E-state index contributed by atoms with van der Waals surface area (Å²) in [5.74, 6) is 2.69. The molecule has 5 rings (SSSR count). The lowest BCUT2D eigenvalue weighted by molar-refractivity contribution is 0.0787. The van der Waals surface area contributed by atoms with Crippen LogP contribution in [0.4, 0.5) is 0 Å². The van der Waals surface area contributed by atoms with Gasteiger partial charge in [0.1, 0.15) is 11.3 Å². The molecule has 2 nitrogen and oxygen atoms in total. The van der Waals surface area contributed by atoms with Crippen LogP contribution in [0.15, 0.2) is 34.7 Å². The summed E-state index contributed by atoms with van der Waals surface area (Å²) in [6, 6.07) is 10.6. The van der Waals surface area contributed by atoms with Crippen LogP contribution >= 0.6 is 0 Å². The second-order valence-electron chi connectivity index (χ2n) is 5.43. The molecule has 2 aromatic rings. The van der Waals surface area contributed by atoms with Crippen molar-refractivity contribution in [3.63, 3.8) is 0 Å². The third-order valence-corrected chi connectivity index (χ3v) is 4.47. The van der Waals surface area contributed by atoms with Gasteiger partial charge in [0.05, 0.1) is 0 Å². The molecule has 0 aliphatic carbocycles. The van der Waals surface area contributed by atoms with Gasteiger partial charge in [-0.25, -0.2) is 0 Å². The molecular weight excluding hydrogens is 210 g/mol. The first-order valence-corrected chi connectivity index (χ1v) is 6.61. The lowest BCUT2D eigenvalue weighted by Gasteiger charge is -2.43.